The number of rotatable bonds is 0. The summed E-state index contributed by atoms with van der Waals surface area (Å²) in [7, 11) is 0. The third kappa shape index (κ3) is 11.8. The third-order valence-electron chi connectivity index (χ3n) is 2.66. The number of nitrogens with one attached hydrogen (secondary N) is 2. The standard InChI is InChI=1S/2C7H6N2.2CH2O2.2Cu.2H2O/c2*1-2-4-7-6(3-1)8-5-9-7;2*2-1-3;;;;/h2*1-5H,(H,8,9);2*1H,(H,2,3);;;2*1H2. The molecule has 0 amide bonds. The van der Waals surface area contributed by atoms with Crippen molar-refractivity contribution in [2.45, 2.75) is 0 Å². The maximum absolute atomic E-state index is 8.36. The number of nitrogens with zero attached hydrogens (tertiary/aromatic N) is 2. The van der Waals surface area contributed by atoms with E-state index in [1.54, 1.807) is 12.7 Å². The first-order chi connectivity index (χ1) is 11.8. The second-order valence-corrected chi connectivity index (χ2v) is 4.05. The van der Waals surface area contributed by atoms with Crippen LogP contribution < -0.4 is 0 Å². The van der Waals surface area contributed by atoms with Gasteiger partial charge in [0.25, 0.3) is 12.9 Å². The van der Waals surface area contributed by atoms with Crippen molar-refractivity contribution in [1.82, 2.24) is 19.9 Å². The molecule has 0 aliphatic heterocycles. The maximum Gasteiger partial charge on any atom is 0.290 e. The van der Waals surface area contributed by atoms with Gasteiger partial charge in [-0.2, -0.15) is 0 Å². The Morgan fingerprint density at radius 1 is 0.679 bits per heavy atom. The Hall–Kier alpha value is -2.72. The van der Waals surface area contributed by atoms with Crippen LogP contribution in [0.2, 0.25) is 0 Å². The monoisotopic (exact) mass is 490 g/mol. The minimum atomic E-state index is -0.250. The number of benzene rings is 2. The average molecular weight is 491 g/mol. The zero-order valence-electron chi connectivity index (χ0n) is 14.1. The van der Waals surface area contributed by atoms with Crippen molar-refractivity contribution in [1.29, 1.82) is 0 Å². The van der Waals surface area contributed by atoms with Gasteiger partial charge in [-0.15, -0.1) is 0 Å². The number of aromatic amines is 2. The molecule has 0 aliphatic carbocycles. The molecular formula is C16H20Cu2N4O6. The fourth-order valence-electron chi connectivity index (χ4n) is 1.76. The summed E-state index contributed by atoms with van der Waals surface area (Å²) in [4.78, 5) is 30.9. The summed E-state index contributed by atoms with van der Waals surface area (Å²) in [6.45, 7) is -0.500. The van der Waals surface area contributed by atoms with Crippen molar-refractivity contribution in [3.63, 3.8) is 0 Å². The van der Waals surface area contributed by atoms with Crippen LogP contribution in [0.3, 0.4) is 0 Å². The molecule has 2 aromatic heterocycles. The molecule has 8 N–H and O–H groups in total. The topological polar surface area (TPSA) is 195 Å². The predicted molar refractivity (Wildman–Crippen MR) is 96.8 cm³/mol. The van der Waals surface area contributed by atoms with E-state index in [2.05, 4.69) is 19.9 Å². The molecule has 0 saturated carbocycles. The van der Waals surface area contributed by atoms with Crippen LogP contribution in [-0.4, -0.2) is 54.0 Å². The summed E-state index contributed by atoms with van der Waals surface area (Å²) < 4.78 is 0. The molecule has 10 nitrogen and oxygen atoms in total. The van der Waals surface area contributed by atoms with Crippen molar-refractivity contribution in [2.75, 3.05) is 0 Å². The molecule has 0 atom stereocenters. The van der Waals surface area contributed by atoms with Crippen molar-refractivity contribution in [3.05, 3.63) is 61.2 Å². The zero-order chi connectivity index (χ0) is 17.6. The first-order valence-electron chi connectivity index (χ1n) is 6.68. The van der Waals surface area contributed by atoms with Gasteiger partial charge >= 0.3 is 0 Å². The number of H-pyrrole nitrogens is 2. The molecule has 2 radical (unpaired) electrons. The van der Waals surface area contributed by atoms with E-state index >= 15 is 0 Å². The van der Waals surface area contributed by atoms with E-state index in [1.165, 1.54) is 0 Å². The van der Waals surface area contributed by atoms with Gasteiger partial charge in [-0.05, 0) is 24.3 Å². The number of carbonyl (C=O) groups is 2. The van der Waals surface area contributed by atoms with Gasteiger partial charge in [0.1, 0.15) is 0 Å². The minimum absolute atomic E-state index is 0. The van der Waals surface area contributed by atoms with Crippen molar-refractivity contribution in [2.24, 2.45) is 0 Å². The fourth-order valence-corrected chi connectivity index (χ4v) is 1.76. The van der Waals surface area contributed by atoms with Crippen LogP contribution in [0, 0.1) is 0 Å². The molecule has 162 valence electrons. The summed E-state index contributed by atoms with van der Waals surface area (Å²) in [6.07, 6.45) is 3.40. The number of para-hydroxylation sites is 4. The molecular weight excluding hydrogens is 471 g/mol. The smallest absolute Gasteiger partial charge is 0.290 e. The normalized spacial score (nSPS) is 7.43. The summed E-state index contributed by atoms with van der Waals surface area (Å²) in [5.74, 6) is 0. The second kappa shape index (κ2) is 20.6. The second-order valence-electron chi connectivity index (χ2n) is 4.05. The largest absolute Gasteiger partial charge is 0.483 e. The quantitative estimate of drug-likeness (QED) is 0.208. The van der Waals surface area contributed by atoms with E-state index < -0.39 is 0 Å². The molecule has 4 rings (SSSR count). The first kappa shape index (κ1) is 32.9. The number of carboxylic acid groups (broad SMARTS) is 2. The third-order valence-corrected chi connectivity index (χ3v) is 2.66. The molecule has 2 aromatic carbocycles. The maximum atomic E-state index is 8.36. The fraction of sp³-hybridized carbons (Fsp3) is 0. The number of hydrogen-bond acceptors (Lipinski definition) is 4. The summed E-state index contributed by atoms with van der Waals surface area (Å²) in [5.41, 5.74) is 4.24. The average Bonchev–Trinajstić information content (AvgIpc) is 3.26. The molecule has 0 fully saturated rings. The number of fused-ring (bicyclic) bond motifs is 2. The van der Waals surface area contributed by atoms with E-state index in [9.17, 15) is 0 Å². The van der Waals surface area contributed by atoms with Gasteiger partial charge in [0.15, 0.2) is 0 Å². The van der Waals surface area contributed by atoms with Crippen LogP contribution in [0.4, 0.5) is 0 Å². The Labute approximate surface area is 181 Å². The summed E-state index contributed by atoms with van der Waals surface area (Å²) in [5, 5.41) is 13.8. The predicted octanol–water partition coefficient (Wildman–Crippen LogP) is 0.873. The van der Waals surface area contributed by atoms with Crippen molar-refractivity contribution >= 4 is 35.0 Å². The van der Waals surface area contributed by atoms with Crippen LogP contribution in [-0.2, 0) is 43.7 Å². The van der Waals surface area contributed by atoms with Gasteiger partial charge in [-0.1, -0.05) is 24.3 Å². The van der Waals surface area contributed by atoms with Gasteiger partial charge in [0.2, 0.25) is 0 Å². The van der Waals surface area contributed by atoms with E-state index in [0.29, 0.717) is 0 Å². The molecule has 28 heavy (non-hydrogen) atoms. The van der Waals surface area contributed by atoms with Gasteiger partial charge < -0.3 is 31.1 Å². The summed E-state index contributed by atoms with van der Waals surface area (Å²) in [6, 6.07) is 15.9. The molecule has 0 spiro atoms. The van der Waals surface area contributed by atoms with Crippen LogP contribution in [0.25, 0.3) is 22.1 Å². The molecule has 0 unspecified atom stereocenters. The Bertz CT molecular complexity index is 740. The Morgan fingerprint density at radius 3 is 1.25 bits per heavy atom. The minimum Gasteiger partial charge on any atom is -0.483 e. The van der Waals surface area contributed by atoms with Crippen molar-refractivity contribution < 1.29 is 64.9 Å². The number of aromatic nitrogens is 4. The number of imidazole rings is 2. The van der Waals surface area contributed by atoms with Crippen molar-refractivity contribution in [3.8, 4) is 0 Å². The first-order valence-corrected chi connectivity index (χ1v) is 6.68. The Kier molecular flexibility index (Phi) is 24.2. The van der Waals surface area contributed by atoms with E-state index in [1.807, 2.05) is 48.5 Å². The van der Waals surface area contributed by atoms with Crippen LogP contribution in [0.1, 0.15) is 0 Å². The zero-order valence-corrected chi connectivity index (χ0v) is 16.0. The molecule has 4 aromatic rings. The summed E-state index contributed by atoms with van der Waals surface area (Å²) >= 11 is 0. The van der Waals surface area contributed by atoms with Gasteiger partial charge in [-0.3, -0.25) is 9.59 Å². The molecule has 0 bridgehead atoms. The van der Waals surface area contributed by atoms with E-state index in [-0.39, 0.29) is 58.0 Å². The van der Waals surface area contributed by atoms with Gasteiger partial charge in [-0.25, -0.2) is 9.97 Å². The molecule has 2 heterocycles. The van der Waals surface area contributed by atoms with Crippen LogP contribution in [0.5, 0.6) is 0 Å². The molecule has 12 heteroatoms. The van der Waals surface area contributed by atoms with Crippen LogP contribution in [0.15, 0.2) is 61.2 Å². The Balaban J connectivity index is -0.000000146. The van der Waals surface area contributed by atoms with Gasteiger partial charge in [0, 0.05) is 34.1 Å². The number of hydrogen-bond donors (Lipinski definition) is 4. The van der Waals surface area contributed by atoms with E-state index in [0.717, 1.165) is 22.1 Å². The molecule has 0 aliphatic rings. The van der Waals surface area contributed by atoms with E-state index in [4.69, 9.17) is 19.8 Å². The van der Waals surface area contributed by atoms with Crippen LogP contribution >= 0.6 is 0 Å². The van der Waals surface area contributed by atoms with Gasteiger partial charge in [0.05, 0.1) is 34.7 Å². The SMILES string of the molecule is O.O.O=CO.O=CO.[Cu].[Cu].c1ccc2[nH]cnc2c1.c1ccc2[nH]cnc2c1. The molecule has 0 saturated heterocycles. The Morgan fingerprint density at radius 2 is 0.964 bits per heavy atom.